The second-order valence-corrected chi connectivity index (χ2v) is 6.51. The molecule has 0 radical (unpaired) electrons. The molecular formula is C16H25N5O11. The summed E-state index contributed by atoms with van der Waals surface area (Å²) in [6.45, 7) is -0.778. The predicted octanol–water partition coefficient (Wildman–Crippen LogP) is -4.94. The van der Waals surface area contributed by atoms with Gasteiger partial charge in [-0.3, -0.25) is 28.8 Å². The van der Waals surface area contributed by atoms with Gasteiger partial charge in [-0.05, 0) is 6.42 Å². The number of carboxylic acids is 3. The van der Waals surface area contributed by atoms with E-state index in [0.717, 1.165) is 0 Å². The summed E-state index contributed by atoms with van der Waals surface area (Å²) in [7, 11) is 0. The zero-order chi connectivity index (χ0) is 25.0. The van der Waals surface area contributed by atoms with Crippen LogP contribution in [0.25, 0.3) is 0 Å². The normalized spacial score (nSPS) is 14.2. The van der Waals surface area contributed by atoms with Gasteiger partial charge in [0.15, 0.2) is 0 Å². The summed E-state index contributed by atoms with van der Waals surface area (Å²) in [5, 5.41) is 41.5. The summed E-state index contributed by atoms with van der Waals surface area (Å²) in [6.07, 6.45) is -2.82. The van der Waals surface area contributed by atoms with Crippen LogP contribution in [0, 0.1) is 0 Å². The van der Waals surface area contributed by atoms with Gasteiger partial charge in [-0.15, -0.1) is 0 Å². The first-order valence-corrected chi connectivity index (χ1v) is 9.00. The van der Waals surface area contributed by atoms with E-state index in [0.29, 0.717) is 0 Å². The van der Waals surface area contributed by atoms with Crippen LogP contribution in [0.3, 0.4) is 0 Å². The topological polar surface area (TPSA) is 289 Å². The van der Waals surface area contributed by atoms with Crippen LogP contribution in [-0.2, 0) is 33.6 Å². The number of carbonyl (C=O) groups is 7. The van der Waals surface area contributed by atoms with Gasteiger partial charge in [0.25, 0.3) is 0 Å². The zero-order valence-electron chi connectivity index (χ0n) is 16.6. The number of aliphatic hydroxyl groups excluding tert-OH is 1. The van der Waals surface area contributed by atoms with Crippen LogP contribution >= 0.6 is 0 Å². The van der Waals surface area contributed by atoms with E-state index in [1.54, 1.807) is 5.32 Å². The molecule has 4 unspecified atom stereocenters. The van der Waals surface area contributed by atoms with Gasteiger partial charge in [0.2, 0.25) is 23.6 Å². The Bertz CT molecular complexity index is 757. The van der Waals surface area contributed by atoms with Crippen molar-refractivity contribution >= 4 is 41.5 Å². The van der Waals surface area contributed by atoms with Crippen LogP contribution in [0.15, 0.2) is 0 Å². The van der Waals surface area contributed by atoms with Crippen molar-refractivity contribution in [3.63, 3.8) is 0 Å². The highest BCUT2D eigenvalue weighted by Crippen LogP contribution is 2.03. The van der Waals surface area contributed by atoms with Crippen LogP contribution < -0.4 is 27.4 Å². The van der Waals surface area contributed by atoms with Gasteiger partial charge in [0.1, 0.15) is 24.2 Å². The number of nitrogens with two attached hydrogens (primary N) is 2. The molecular weight excluding hydrogens is 438 g/mol. The minimum absolute atomic E-state index is 0.372. The summed E-state index contributed by atoms with van der Waals surface area (Å²) < 4.78 is 0. The van der Waals surface area contributed by atoms with Gasteiger partial charge in [0.05, 0.1) is 19.4 Å². The van der Waals surface area contributed by atoms with E-state index in [1.165, 1.54) is 0 Å². The van der Waals surface area contributed by atoms with Gasteiger partial charge in [-0.25, -0.2) is 4.79 Å². The van der Waals surface area contributed by atoms with Crippen LogP contribution in [-0.4, -0.2) is 92.7 Å². The Kier molecular flexibility index (Phi) is 11.9. The molecule has 0 aromatic rings. The number of aliphatic carboxylic acids is 3. The van der Waals surface area contributed by atoms with Gasteiger partial charge in [0, 0.05) is 6.42 Å². The van der Waals surface area contributed by atoms with Gasteiger partial charge in [-0.2, -0.15) is 0 Å². The Balaban J connectivity index is 5.55. The van der Waals surface area contributed by atoms with Crippen molar-refractivity contribution in [3.05, 3.63) is 0 Å². The average molecular weight is 463 g/mol. The Morgan fingerprint density at radius 3 is 1.59 bits per heavy atom. The number of hydrogen-bond acceptors (Lipinski definition) is 9. The summed E-state index contributed by atoms with van der Waals surface area (Å²) in [5.41, 5.74) is 10.3. The lowest BCUT2D eigenvalue weighted by molar-refractivity contribution is -0.148. The standard InChI is InChI=1S/C16H25N5O11/c17-6(5-22)13(28)19-7(1-2-10(18)23)14(29)20-8(3-11(24)25)15(30)21-9(16(31)32)4-12(26)27/h6-9,22H,1-5,17H2,(H2,18,23)(H,19,28)(H,20,29)(H,21,30)(H,24,25)(H,26,27)(H,31,32). The third kappa shape index (κ3) is 10.8. The minimum Gasteiger partial charge on any atom is -0.481 e. The van der Waals surface area contributed by atoms with E-state index < -0.39 is 91.6 Å². The lowest BCUT2D eigenvalue weighted by Crippen LogP contribution is -2.58. The third-order valence-electron chi connectivity index (χ3n) is 3.85. The molecule has 0 saturated heterocycles. The number of rotatable bonds is 15. The van der Waals surface area contributed by atoms with Crippen LogP contribution in [0.2, 0.25) is 0 Å². The van der Waals surface area contributed by atoms with Crippen LogP contribution in [0.1, 0.15) is 25.7 Å². The monoisotopic (exact) mass is 463 g/mol. The number of nitrogens with one attached hydrogen (secondary N) is 3. The van der Waals surface area contributed by atoms with E-state index >= 15 is 0 Å². The Morgan fingerprint density at radius 1 is 0.719 bits per heavy atom. The molecule has 11 N–H and O–H groups in total. The first-order valence-electron chi connectivity index (χ1n) is 9.00. The molecule has 0 aliphatic heterocycles. The van der Waals surface area contributed by atoms with E-state index in [4.69, 9.17) is 31.9 Å². The van der Waals surface area contributed by atoms with Crippen molar-refractivity contribution < 1.29 is 54.0 Å². The van der Waals surface area contributed by atoms with Gasteiger partial charge >= 0.3 is 17.9 Å². The van der Waals surface area contributed by atoms with Crippen LogP contribution in [0.5, 0.6) is 0 Å². The van der Waals surface area contributed by atoms with E-state index in [1.807, 2.05) is 5.32 Å². The summed E-state index contributed by atoms with van der Waals surface area (Å²) in [6, 6.07) is -6.73. The summed E-state index contributed by atoms with van der Waals surface area (Å²) in [4.78, 5) is 80.6. The molecule has 0 saturated carbocycles. The summed E-state index contributed by atoms with van der Waals surface area (Å²) >= 11 is 0. The smallest absolute Gasteiger partial charge is 0.326 e. The van der Waals surface area contributed by atoms with Crippen molar-refractivity contribution in [2.45, 2.75) is 49.9 Å². The lowest BCUT2D eigenvalue weighted by atomic mass is 10.1. The first kappa shape index (κ1) is 28.2. The third-order valence-corrected chi connectivity index (χ3v) is 3.85. The molecule has 0 aliphatic rings. The molecule has 0 aromatic heterocycles. The Morgan fingerprint density at radius 2 is 1.16 bits per heavy atom. The van der Waals surface area contributed by atoms with Crippen molar-refractivity contribution in [2.75, 3.05) is 6.61 Å². The first-order chi connectivity index (χ1) is 14.8. The van der Waals surface area contributed by atoms with Crippen LogP contribution in [0.4, 0.5) is 0 Å². The highest BCUT2D eigenvalue weighted by atomic mass is 16.4. The maximum atomic E-state index is 12.5. The predicted molar refractivity (Wildman–Crippen MR) is 101 cm³/mol. The molecule has 0 heterocycles. The fraction of sp³-hybridized carbons (Fsp3) is 0.562. The molecule has 0 rings (SSSR count). The molecule has 4 atom stereocenters. The number of hydrogen-bond donors (Lipinski definition) is 9. The molecule has 0 spiro atoms. The Hall–Kier alpha value is -3.79. The molecule has 16 nitrogen and oxygen atoms in total. The molecule has 0 aliphatic carbocycles. The van der Waals surface area contributed by atoms with E-state index in [-0.39, 0.29) is 6.42 Å². The molecule has 32 heavy (non-hydrogen) atoms. The molecule has 4 amide bonds. The van der Waals surface area contributed by atoms with E-state index in [2.05, 4.69) is 5.32 Å². The highest BCUT2D eigenvalue weighted by molar-refractivity contribution is 5.96. The molecule has 16 heteroatoms. The number of primary amides is 1. The maximum absolute atomic E-state index is 12.5. The molecule has 180 valence electrons. The maximum Gasteiger partial charge on any atom is 0.326 e. The second kappa shape index (κ2) is 13.5. The molecule has 0 bridgehead atoms. The Labute approximate surface area is 180 Å². The number of aliphatic hydroxyl groups is 1. The van der Waals surface area contributed by atoms with E-state index in [9.17, 15) is 33.6 Å². The van der Waals surface area contributed by atoms with Gasteiger partial charge < -0.3 is 47.8 Å². The fourth-order valence-corrected chi connectivity index (χ4v) is 2.22. The molecule has 0 fully saturated rings. The number of carbonyl (C=O) groups excluding carboxylic acids is 4. The lowest BCUT2D eigenvalue weighted by Gasteiger charge is -2.24. The van der Waals surface area contributed by atoms with Crippen molar-refractivity contribution in [1.82, 2.24) is 16.0 Å². The second-order valence-electron chi connectivity index (χ2n) is 6.51. The average Bonchev–Trinajstić information content (AvgIpc) is 2.67. The fourth-order valence-electron chi connectivity index (χ4n) is 2.22. The zero-order valence-corrected chi connectivity index (χ0v) is 16.6. The summed E-state index contributed by atoms with van der Waals surface area (Å²) in [5.74, 6) is -9.16. The van der Waals surface area contributed by atoms with Gasteiger partial charge in [-0.1, -0.05) is 0 Å². The number of carboxylic acid groups (broad SMARTS) is 3. The van der Waals surface area contributed by atoms with Crippen molar-refractivity contribution in [3.8, 4) is 0 Å². The quantitative estimate of drug-likeness (QED) is 0.110. The number of amides is 4. The minimum atomic E-state index is -1.92. The SMILES string of the molecule is NC(=O)CCC(NC(=O)C(N)CO)C(=O)NC(CC(=O)O)C(=O)NC(CC(=O)O)C(=O)O. The van der Waals surface area contributed by atoms with Crippen molar-refractivity contribution in [1.29, 1.82) is 0 Å². The van der Waals surface area contributed by atoms with Crippen molar-refractivity contribution in [2.24, 2.45) is 11.5 Å². The largest absolute Gasteiger partial charge is 0.481 e. The molecule has 0 aromatic carbocycles. The highest BCUT2D eigenvalue weighted by Gasteiger charge is 2.32.